The fourth-order valence-corrected chi connectivity index (χ4v) is 2.69. The van der Waals surface area contributed by atoms with Crippen LogP contribution < -0.4 is 5.32 Å². The number of amides is 1. The summed E-state index contributed by atoms with van der Waals surface area (Å²) in [6, 6.07) is -0.312. The molecular weight excluding hydrogens is 390 g/mol. The Bertz CT molecular complexity index is 587. The molecule has 1 unspecified atom stereocenters. The molecule has 108 valence electrons. The summed E-state index contributed by atoms with van der Waals surface area (Å²) in [5.41, 5.74) is 0.926. The van der Waals surface area contributed by atoms with Gasteiger partial charge in [-0.25, -0.2) is 0 Å². The van der Waals surface area contributed by atoms with Crippen LogP contribution in [0.5, 0.6) is 0 Å². The lowest BCUT2D eigenvalue weighted by Gasteiger charge is -2.15. The molecule has 6 nitrogen and oxygen atoms in total. The molecule has 2 aromatic rings. The minimum Gasteiger partial charge on any atom is -0.349 e. The van der Waals surface area contributed by atoms with Crippen LogP contribution in [0.4, 0.5) is 0 Å². The number of carbonyl (C=O) groups is 1. The fraction of sp³-hybridized carbons (Fsp3) is 0.417. The summed E-state index contributed by atoms with van der Waals surface area (Å²) < 4.78 is 5.14. The second-order valence-electron chi connectivity index (χ2n) is 4.34. The van der Waals surface area contributed by atoms with Gasteiger partial charge in [0, 0.05) is 13.2 Å². The van der Waals surface area contributed by atoms with Crippen molar-refractivity contribution in [2.45, 2.75) is 25.9 Å². The number of hydrogen-bond donors (Lipinski definition) is 1. The topological polar surface area (TPSA) is 64.7 Å². The predicted molar refractivity (Wildman–Crippen MR) is 82.0 cm³/mol. The lowest BCUT2D eigenvalue weighted by atomic mass is 10.2. The van der Waals surface area contributed by atoms with Crippen molar-refractivity contribution in [1.29, 1.82) is 0 Å². The van der Waals surface area contributed by atoms with E-state index in [-0.39, 0.29) is 11.9 Å². The lowest BCUT2D eigenvalue weighted by Crippen LogP contribution is -2.32. The van der Waals surface area contributed by atoms with Crippen molar-refractivity contribution >= 4 is 37.8 Å². The number of halogens is 2. The molecule has 0 aliphatic heterocycles. The molecule has 2 rings (SSSR count). The van der Waals surface area contributed by atoms with E-state index in [1.807, 2.05) is 14.0 Å². The van der Waals surface area contributed by atoms with Crippen molar-refractivity contribution in [1.82, 2.24) is 24.9 Å². The average molecular weight is 405 g/mol. The van der Waals surface area contributed by atoms with Gasteiger partial charge in [0.05, 0.1) is 33.6 Å². The first kappa shape index (κ1) is 15.2. The van der Waals surface area contributed by atoms with Gasteiger partial charge in [0.25, 0.3) is 0 Å². The van der Waals surface area contributed by atoms with Crippen molar-refractivity contribution in [3.8, 4) is 0 Å². The SMILES string of the molecule is CCC(C(=O)NCc1c(Br)cnn1C)n1cc(Br)cn1. The van der Waals surface area contributed by atoms with Crippen LogP contribution in [0.3, 0.4) is 0 Å². The van der Waals surface area contributed by atoms with E-state index in [1.54, 1.807) is 28.0 Å². The Kier molecular flexibility index (Phi) is 4.98. The van der Waals surface area contributed by atoms with Crippen LogP contribution >= 0.6 is 31.9 Å². The van der Waals surface area contributed by atoms with E-state index < -0.39 is 0 Å². The second-order valence-corrected chi connectivity index (χ2v) is 6.11. The minimum absolute atomic E-state index is 0.0591. The molecular formula is C12H15Br2N5O. The first-order valence-corrected chi connectivity index (χ1v) is 7.75. The van der Waals surface area contributed by atoms with Gasteiger partial charge in [0.2, 0.25) is 5.91 Å². The van der Waals surface area contributed by atoms with Gasteiger partial charge in [-0.1, -0.05) is 6.92 Å². The molecule has 1 N–H and O–H groups in total. The van der Waals surface area contributed by atoms with Crippen LogP contribution in [0.15, 0.2) is 27.5 Å². The molecule has 8 heteroatoms. The molecule has 0 bridgehead atoms. The molecule has 0 aromatic carbocycles. The monoisotopic (exact) mass is 403 g/mol. The summed E-state index contributed by atoms with van der Waals surface area (Å²) >= 11 is 6.75. The maximum Gasteiger partial charge on any atom is 0.245 e. The average Bonchev–Trinajstić information content (AvgIpc) is 2.96. The Morgan fingerprint density at radius 3 is 2.65 bits per heavy atom. The molecule has 2 aromatic heterocycles. The van der Waals surface area contributed by atoms with E-state index in [2.05, 4.69) is 47.4 Å². The summed E-state index contributed by atoms with van der Waals surface area (Å²) in [6.07, 6.45) is 5.86. The summed E-state index contributed by atoms with van der Waals surface area (Å²) in [5, 5.41) is 11.2. The van der Waals surface area contributed by atoms with Crippen molar-refractivity contribution in [3.63, 3.8) is 0 Å². The Morgan fingerprint density at radius 1 is 1.40 bits per heavy atom. The highest BCUT2D eigenvalue weighted by atomic mass is 79.9. The number of aromatic nitrogens is 4. The lowest BCUT2D eigenvalue weighted by molar-refractivity contribution is -0.124. The highest BCUT2D eigenvalue weighted by Crippen LogP contribution is 2.17. The third-order valence-electron chi connectivity index (χ3n) is 3.02. The molecule has 0 fully saturated rings. The van der Waals surface area contributed by atoms with Crippen LogP contribution in [0.2, 0.25) is 0 Å². The van der Waals surface area contributed by atoms with Crippen molar-refractivity contribution in [2.24, 2.45) is 7.05 Å². The molecule has 1 atom stereocenters. The van der Waals surface area contributed by atoms with Crippen LogP contribution in [-0.4, -0.2) is 25.5 Å². The third kappa shape index (κ3) is 3.29. The molecule has 0 radical (unpaired) electrons. The molecule has 2 heterocycles. The number of carbonyl (C=O) groups excluding carboxylic acids is 1. The van der Waals surface area contributed by atoms with E-state index in [0.29, 0.717) is 13.0 Å². The highest BCUT2D eigenvalue weighted by Gasteiger charge is 2.19. The Hall–Kier alpha value is -1.15. The first-order valence-electron chi connectivity index (χ1n) is 6.16. The fourth-order valence-electron chi connectivity index (χ4n) is 1.90. The molecule has 1 amide bonds. The molecule has 20 heavy (non-hydrogen) atoms. The second kappa shape index (κ2) is 6.53. The van der Waals surface area contributed by atoms with Gasteiger partial charge in [0.15, 0.2) is 0 Å². The largest absolute Gasteiger partial charge is 0.349 e. The van der Waals surface area contributed by atoms with Crippen molar-refractivity contribution in [2.75, 3.05) is 0 Å². The zero-order chi connectivity index (χ0) is 14.7. The van der Waals surface area contributed by atoms with Crippen LogP contribution in [0.1, 0.15) is 25.1 Å². The Labute approximate surface area is 133 Å². The van der Waals surface area contributed by atoms with E-state index in [9.17, 15) is 4.79 Å². The van der Waals surface area contributed by atoms with Gasteiger partial charge in [0.1, 0.15) is 6.04 Å². The minimum atomic E-state index is -0.312. The van der Waals surface area contributed by atoms with Gasteiger partial charge in [-0.2, -0.15) is 10.2 Å². The molecule has 0 aliphatic rings. The van der Waals surface area contributed by atoms with Crippen LogP contribution in [0, 0.1) is 0 Å². The van der Waals surface area contributed by atoms with Gasteiger partial charge < -0.3 is 5.32 Å². The van der Waals surface area contributed by atoms with Crippen molar-refractivity contribution < 1.29 is 4.79 Å². The van der Waals surface area contributed by atoms with Crippen LogP contribution in [-0.2, 0) is 18.4 Å². The van der Waals surface area contributed by atoms with Gasteiger partial charge >= 0.3 is 0 Å². The molecule has 0 spiro atoms. The Balaban J connectivity index is 2.03. The smallest absolute Gasteiger partial charge is 0.245 e. The maximum atomic E-state index is 12.3. The summed E-state index contributed by atoms with van der Waals surface area (Å²) in [6.45, 7) is 2.38. The summed E-state index contributed by atoms with van der Waals surface area (Å²) in [7, 11) is 1.84. The van der Waals surface area contributed by atoms with E-state index in [0.717, 1.165) is 14.6 Å². The zero-order valence-electron chi connectivity index (χ0n) is 11.2. The summed E-state index contributed by atoms with van der Waals surface area (Å²) in [5.74, 6) is -0.0591. The van der Waals surface area contributed by atoms with Crippen LogP contribution in [0.25, 0.3) is 0 Å². The highest BCUT2D eigenvalue weighted by molar-refractivity contribution is 9.10. The van der Waals surface area contributed by atoms with E-state index in [1.165, 1.54) is 0 Å². The number of aryl methyl sites for hydroxylation is 1. The standard InChI is InChI=1S/C12H15Br2N5O/c1-3-10(19-7-8(13)4-17-19)12(20)15-6-11-9(14)5-16-18(11)2/h4-5,7,10H,3,6H2,1-2H3,(H,15,20). The molecule has 0 aliphatic carbocycles. The van der Waals surface area contributed by atoms with E-state index in [4.69, 9.17) is 0 Å². The number of nitrogens with one attached hydrogen (secondary N) is 1. The Morgan fingerprint density at radius 2 is 2.15 bits per heavy atom. The predicted octanol–water partition coefficient (Wildman–Crippen LogP) is 2.41. The quantitative estimate of drug-likeness (QED) is 0.832. The van der Waals surface area contributed by atoms with Crippen molar-refractivity contribution in [3.05, 3.63) is 33.2 Å². The first-order chi connectivity index (χ1) is 9.52. The number of nitrogens with zero attached hydrogens (tertiary/aromatic N) is 4. The van der Waals surface area contributed by atoms with E-state index >= 15 is 0 Å². The normalized spacial score (nSPS) is 12.4. The molecule has 0 saturated heterocycles. The summed E-state index contributed by atoms with van der Waals surface area (Å²) in [4.78, 5) is 12.3. The van der Waals surface area contributed by atoms with Gasteiger partial charge in [-0.3, -0.25) is 14.2 Å². The zero-order valence-corrected chi connectivity index (χ0v) is 14.3. The number of hydrogen-bond acceptors (Lipinski definition) is 3. The third-order valence-corrected chi connectivity index (χ3v) is 4.09. The molecule has 0 saturated carbocycles. The maximum absolute atomic E-state index is 12.3. The number of rotatable bonds is 5. The van der Waals surface area contributed by atoms with Gasteiger partial charge in [-0.05, 0) is 38.3 Å². The van der Waals surface area contributed by atoms with Gasteiger partial charge in [-0.15, -0.1) is 0 Å².